The van der Waals surface area contributed by atoms with Crippen molar-refractivity contribution in [3.63, 3.8) is 0 Å². The van der Waals surface area contributed by atoms with Crippen molar-refractivity contribution in [3.05, 3.63) is 33.3 Å². The van der Waals surface area contributed by atoms with Crippen LogP contribution in [-0.2, 0) is 0 Å². The van der Waals surface area contributed by atoms with E-state index in [-0.39, 0.29) is 0 Å². The molecule has 6 heteroatoms. The number of halogens is 5. The molecule has 17 heavy (non-hydrogen) atoms. The van der Waals surface area contributed by atoms with Gasteiger partial charge in [-0.25, -0.2) is 17.6 Å². The van der Waals surface area contributed by atoms with Gasteiger partial charge in [0, 0.05) is 11.6 Å². The van der Waals surface area contributed by atoms with E-state index < -0.39 is 39.3 Å². The minimum atomic E-state index is -1.38. The van der Waals surface area contributed by atoms with Crippen LogP contribution < -0.4 is 5.32 Å². The summed E-state index contributed by atoms with van der Waals surface area (Å²) in [5.41, 5.74) is -0.539. The molecule has 0 spiro atoms. The van der Waals surface area contributed by atoms with Crippen molar-refractivity contribution >= 4 is 15.9 Å². The Morgan fingerprint density at radius 3 is 2.00 bits per heavy atom. The molecule has 1 fully saturated rings. The highest BCUT2D eigenvalue weighted by Gasteiger charge is 2.29. The molecule has 1 aromatic carbocycles. The molecule has 1 aliphatic heterocycles. The van der Waals surface area contributed by atoms with Gasteiger partial charge < -0.3 is 5.32 Å². The van der Waals surface area contributed by atoms with Gasteiger partial charge in [-0.2, -0.15) is 0 Å². The zero-order valence-electron chi connectivity index (χ0n) is 8.80. The fraction of sp³-hybridized carbons (Fsp3) is 0.455. The molecule has 2 rings (SSSR count). The smallest absolute Gasteiger partial charge is 0.176 e. The van der Waals surface area contributed by atoms with Gasteiger partial charge in [-0.15, -0.1) is 0 Å². The number of rotatable bonds is 1. The molecular weight excluding hydrogens is 302 g/mol. The highest BCUT2D eigenvalue weighted by Crippen LogP contribution is 2.34. The maximum Gasteiger partial charge on any atom is 0.176 e. The van der Waals surface area contributed by atoms with Crippen LogP contribution in [0.3, 0.4) is 0 Å². The summed E-state index contributed by atoms with van der Waals surface area (Å²) in [5.74, 6) is -5.41. The van der Waals surface area contributed by atoms with Gasteiger partial charge >= 0.3 is 0 Å². The quantitative estimate of drug-likeness (QED) is 0.472. The molecule has 1 unspecified atom stereocenters. The molecule has 1 nitrogen and oxygen atoms in total. The number of hydrogen-bond donors (Lipinski definition) is 1. The highest BCUT2D eigenvalue weighted by molar-refractivity contribution is 9.10. The van der Waals surface area contributed by atoms with Crippen LogP contribution in [0.4, 0.5) is 17.6 Å². The van der Waals surface area contributed by atoms with Crippen LogP contribution in [0.2, 0.25) is 0 Å². The second-order valence-corrected chi connectivity index (χ2v) is 4.78. The first-order valence-corrected chi connectivity index (χ1v) is 6.08. The Balaban J connectivity index is 2.52. The first-order chi connectivity index (χ1) is 8.04. The summed E-state index contributed by atoms with van der Waals surface area (Å²) >= 11 is 2.49. The van der Waals surface area contributed by atoms with E-state index >= 15 is 0 Å². The van der Waals surface area contributed by atoms with Gasteiger partial charge in [-0.05, 0) is 35.3 Å². The molecule has 0 aromatic heterocycles. The maximum atomic E-state index is 13.6. The molecule has 1 aromatic rings. The molecule has 0 saturated carbocycles. The lowest BCUT2D eigenvalue weighted by molar-refractivity contribution is 0.360. The average Bonchev–Trinajstić information content (AvgIpc) is 2.36. The van der Waals surface area contributed by atoms with E-state index in [4.69, 9.17) is 0 Å². The monoisotopic (exact) mass is 311 g/mol. The summed E-state index contributed by atoms with van der Waals surface area (Å²) in [6.45, 7) is 0.586. The van der Waals surface area contributed by atoms with Crippen molar-refractivity contribution in [1.82, 2.24) is 5.32 Å². The molecule has 1 saturated heterocycles. The molecule has 1 aliphatic rings. The van der Waals surface area contributed by atoms with Crippen molar-refractivity contribution in [2.45, 2.75) is 25.3 Å². The molecule has 0 aliphatic carbocycles. The van der Waals surface area contributed by atoms with Crippen molar-refractivity contribution in [3.8, 4) is 0 Å². The van der Waals surface area contributed by atoms with Gasteiger partial charge in [0.15, 0.2) is 23.3 Å². The minimum absolute atomic E-state index is 0.467. The Morgan fingerprint density at radius 1 is 0.941 bits per heavy atom. The Morgan fingerprint density at radius 2 is 1.53 bits per heavy atom. The first-order valence-electron chi connectivity index (χ1n) is 5.28. The van der Waals surface area contributed by atoms with Crippen molar-refractivity contribution in [1.29, 1.82) is 0 Å². The summed E-state index contributed by atoms with van der Waals surface area (Å²) in [6, 6.07) is -0.666. The van der Waals surface area contributed by atoms with Gasteiger partial charge in [0.1, 0.15) is 0 Å². The third kappa shape index (κ3) is 2.20. The van der Waals surface area contributed by atoms with Crippen LogP contribution in [-0.4, -0.2) is 6.54 Å². The topological polar surface area (TPSA) is 12.0 Å². The number of benzene rings is 1. The largest absolute Gasteiger partial charge is 0.310 e. The van der Waals surface area contributed by atoms with Crippen LogP contribution in [0.5, 0.6) is 0 Å². The van der Waals surface area contributed by atoms with Crippen LogP contribution in [0.1, 0.15) is 30.9 Å². The second-order valence-electron chi connectivity index (χ2n) is 3.99. The fourth-order valence-corrected chi connectivity index (χ4v) is 2.37. The first kappa shape index (κ1) is 12.8. The van der Waals surface area contributed by atoms with E-state index in [0.29, 0.717) is 13.0 Å². The van der Waals surface area contributed by atoms with Crippen LogP contribution in [0.15, 0.2) is 4.47 Å². The molecule has 0 radical (unpaired) electrons. The molecule has 1 N–H and O–H groups in total. The Bertz CT molecular complexity index is 415. The summed E-state index contributed by atoms with van der Waals surface area (Å²) in [4.78, 5) is 0. The van der Waals surface area contributed by atoms with Crippen LogP contribution >= 0.6 is 15.9 Å². The zero-order chi connectivity index (χ0) is 12.6. The van der Waals surface area contributed by atoms with E-state index in [2.05, 4.69) is 21.2 Å². The maximum absolute atomic E-state index is 13.6. The molecule has 0 bridgehead atoms. The predicted molar refractivity (Wildman–Crippen MR) is 58.6 cm³/mol. The van der Waals surface area contributed by atoms with Crippen LogP contribution in [0, 0.1) is 23.3 Å². The van der Waals surface area contributed by atoms with E-state index in [1.807, 2.05) is 0 Å². The minimum Gasteiger partial charge on any atom is -0.310 e. The van der Waals surface area contributed by atoms with Crippen molar-refractivity contribution in [2.75, 3.05) is 6.54 Å². The predicted octanol–water partition coefficient (Wildman–Crippen LogP) is 3.82. The lowest BCUT2D eigenvalue weighted by Gasteiger charge is -2.25. The van der Waals surface area contributed by atoms with E-state index in [9.17, 15) is 17.6 Å². The molecule has 94 valence electrons. The fourth-order valence-electron chi connectivity index (χ4n) is 2.03. The van der Waals surface area contributed by atoms with Crippen molar-refractivity contribution in [2.24, 2.45) is 0 Å². The number of nitrogens with one attached hydrogen (secondary N) is 1. The number of piperidine rings is 1. The normalized spacial score (nSPS) is 20.6. The third-order valence-electron chi connectivity index (χ3n) is 2.90. The Kier molecular flexibility index (Phi) is 3.73. The van der Waals surface area contributed by atoms with Gasteiger partial charge in [-0.1, -0.05) is 6.42 Å². The second kappa shape index (κ2) is 4.94. The zero-order valence-corrected chi connectivity index (χ0v) is 10.4. The summed E-state index contributed by atoms with van der Waals surface area (Å²) in [5, 5.41) is 2.86. The summed E-state index contributed by atoms with van der Waals surface area (Å²) in [7, 11) is 0. The van der Waals surface area contributed by atoms with Gasteiger partial charge in [0.25, 0.3) is 0 Å². The highest BCUT2D eigenvalue weighted by atomic mass is 79.9. The van der Waals surface area contributed by atoms with Gasteiger partial charge in [0.2, 0.25) is 0 Å². The summed E-state index contributed by atoms with van der Waals surface area (Å²) < 4.78 is 53.1. The standard InChI is InChI=1S/C11H10BrF4N/c12-7-10(15)8(13)6(9(14)11(7)16)5-3-1-2-4-17-5/h5,17H,1-4H2. The average molecular weight is 312 g/mol. The van der Waals surface area contributed by atoms with E-state index in [1.165, 1.54) is 0 Å². The molecule has 0 amide bonds. The molecule has 1 atom stereocenters. The molecular formula is C11H10BrF4N. The lowest BCUT2D eigenvalue weighted by atomic mass is 9.96. The SMILES string of the molecule is Fc1c(F)c(C2CCCCN2)c(F)c(F)c1Br. The summed E-state index contributed by atoms with van der Waals surface area (Å²) in [6.07, 6.45) is 2.13. The third-order valence-corrected chi connectivity index (χ3v) is 3.60. The Hall–Kier alpha value is -0.620. The van der Waals surface area contributed by atoms with Crippen LogP contribution in [0.25, 0.3) is 0 Å². The van der Waals surface area contributed by atoms with E-state index in [0.717, 1.165) is 12.8 Å². The van der Waals surface area contributed by atoms with Crippen molar-refractivity contribution < 1.29 is 17.6 Å². The molecule has 1 heterocycles. The van der Waals surface area contributed by atoms with Gasteiger partial charge in [0.05, 0.1) is 4.47 Å². The number of hydrogen-bond acceptors (Lipinski definition) is 1. The Labute approximate surface area is 104 Å². The van der Waals surface area contributed by atoms with E-state index in [1.54, 1.807) is 0 Å². The van der Waals surface area contributed by atoms with Gasteiger partial charge in [-0.3, -0.25) is 0 Å². The lowest BCUT2D eigenvalue weighted by Crippen LogP contribution is -2.29.